The van der Waals surface area contributed by atoms with Gasteiger partial charge in [0, 0.05) is 25.1 Å². The molecule has 0 radical (unpaired) electrons. The first-order chi connectivity index (χ1) is 8.74. The summed E-state index contributed by atoms with van der Waals surface area (Å²) < 4.78 is 0. The van der Waals surface area contributed by atoms with Crippen LogP contribution in [0.2, 0.25) is 5.15 Å². The van der Waals surface area contributed by atoms with Gasteiger partial charge in [0.05, 0.1) is 0 Å². The second-order valence-corrected chi connectivity index (χ2v) is 5.35. The van der Waals surface area contributed by atoms with Crippen molar-refractivity contribution in [1.82, 2.24) is 9.97 Å². The zero-order chi connectivity index (χ0) is 13.0. The van der Waals surface area contributed by atoms with Crippen molar-refractivity contribution in [2.24, 2.45) is 0 Å². The van der Waals surface area contributed by atoms with Gasteiger partial charge in [0.2, 0.25) is 0 Å². The third kappa shape index (κ3) is 3.14. The maximum absolute atomic E-state index is 6.12. The topological polar surface area (TPSA) is 29.0 Å². The first-order valence-corrected chi connectivity index (χ1v) is 7.42. The molecule has 1 fully saturated rings. The second-order valence-electron chi connectivity index (χ2n) is 4.97. The molecule has 0 aliphatic carbocycles. The number of anilines is 1. The van der Waals surface area contributed by atoms with Gasteiger partial charge < -0.3 is 4.90 Å². The highest BCUT2D eigenvalue weighted by atomic mass is 35.5. The molecule has 4 heteroatoms. The maximum atomic E-state index is 6.12. The van der Waals surface area contributed by atoms with Crippen LogP contribution in [0.25, 0.3) is 0 Å². The molecule has 0 amide bonds. The minimum atomic E-state index is 0.573. The lowest BCUT2D eigenvalue weighted by atomic mass is 10.0. The first-order valence-electron chi connectivity index (χ1n) is 7.04. The third-order valence-electron chi connectivity index (χ3n) is 3.59. The van der Waals surface area contributed by atoms with Crippen molar-refractivity contribution >= 4 is 17.4 Å². The molecule has 0 bridgehead atoms. The fourth-order valence-electron chi connectivity index (χ4n) is 2.66. The predicted molar refractivity (Wildman–Crippen MR) is 76.3 cm³/mol. The molecule has 1 atom stereocenters. The molecule has 3 nitrogen and oxygen atoms in total. The van der Waals surface area contributed by atoms with Gasteiger partial charge in [-0.05, 0) is 32.1 Å². The summed E-state index contributed by atoms with van der Waals surface area (Å²) in [5, 5.41) is 0.573. The molecular formula is C14H22ClN3. The summed E-state index contributed by atoms with van der Waals surface area (Å²) in [6.45, 7) is 5.48. The molecule has 1 aromatic heterocycles. The van der Waals surface area contributed by atoms with Crippen molar-refractivity contribution in [1.29, 1.82) is 0 Å². The minimum Gasteiger partial charge on any atom is -0.353 e. The van der Waals surface area contributed by atoms with Gasteiger partial charge in [-0.2, -0.15) is 0 Å². The Kier molecular flexibility index (Phi) is 4.81. The van der Waals surface area contributed by atoms with E-state index in [0.29, 0.717) is 11.2 Å². The van der Waals surface area contributed by atoms with E-state index >= 15 is 0 Å². The number of piperidine rings is 1. The van der Waals surface area contributed by atoms with E-state index in [1.54, 1.807) is 0 Å². The lowest BCUT2D eigenvalue weighted by Gasteiger charge is -2.36. The first kappa shape index (κ1) is 13.6. The Labute approximate surface area is 115 Å². The molecule has 1 aliphatic rings. The molecule has 1 aliphatic heterocycles. The summed E-state index contributed by atoms with van der Waals surface area (Å²) in [6.07, 6.45) is 6.97. The Morgan fingerprint density at radius 3 is 2.89 bits per heavy atom. The lowest BCUT2D eigenvalue weighted by Crippen LogP contribution is -2.39. The van der Waals surface area contributed by atoms with E-state index in [-0.39, 0.29) is 0 Å². The van der Waals surface area contributed by atoms with Crippen molar-refractivity contribution in [2.45, 2.75) is 58.4 Å². The molecule has 18 heavy (non-hydrogen) atoms. The molecule has 1 unspecified atom stereocenters. The molecule has 1 saturated heterocycles. The van der Waals surface area contributed by atoms with Crippen LogP contribution in [0.5, 0.6) is 0 Å². The highest BCUT2D eigenvalue weighted by Gasteiger charge is 2.22. The monoisotopic (exact) mass is 267 g/mol. The van der Waals surface area contributed by atoms with E-state index in [2.05, 4.69) is 28.7 Å². The van der Waals surface area contributed by atoms with Gasteiger partial charge in [-0.1, -0.05) is 25.4 Å². The molecule has 0 aromatic carbocycles. The normalized spacial score (nSPS) is 20.2. The molecule has 0 saturated carbocycles. The van der Waals surface area contributed by atoms with Gasteiger partial charge in [0.25, 0.3) is 0 Å². The van der Waals surface area contributed by atoms with Gasteiger partial charge in [0.1, 0.15) is 16.8 Å². The Morgan fingerprint density at radius 1 is 1.33 bits per heavy atom. The van der Waals surface area contributed by atoms with Gasteiger partial charge in [0.15, 0.2) is 0 Å². The summed E-state index contributed by atoms with van der Waals surface area (Å²) in [5.74, 6) is 1.89. The van der Waals surface area contributed by atoms with Crippen LogP contribution in [-0.2, 0) is 6.42 Å². The average Bonchev–Trinajstić information content (AvgIpc) is 2.38. The van der Waals surface area contributed by atoms with E-state index in [0.717, 1.165) is 31.0 Å². The quantitative estimate of drug-likeness (QED) is 0.776. The molecule has 2 rings (SSSR count). The summed E-state index contributed by atoms with van der Waals surface area (Å²) >= 11 is 6.12. The van der Waals surface area contributed by atoms with E-state index in [1.807, 2.05) is 6.07 Å². The average molecular weight is 268 g/mol. The highest BCUT2D eigenvalue weighted by Crippen LogP contribution is 2.26. The molecule has 100 valence electrons. The van der Waals surface area contributed by atoms with Crippen LogP contribution in [-0.4, -0.2) is 22.6 Å². The van der Waals surface area contributed by atoms with Crippen molar-refractivity contribution in [2.75, 3.05) is 11.4 Å². The smallest absolute Gasteiger partial charge is 0.134 e. The van der Waals surface area contributed by atoms with Gasteiger partial charge in [-0.3, -0.25) is 0 Å². The standard InChI is InChI=1S/C14H22ClN3/c1-3-7-13-16-12(15)10-14(17-13)18-9-6-5-8-11(18)4-2/h10-11H,3-9H2,1-2H3. The number of hydrogen-bond acceptors (Lipinski definition) is 3. The largest absolute Gasteiger partial charge is 0.353 e. The number of rotatable bonds is 4. The second kappa shape index (κ2) is 6.37. The third-order valence-corrected chi connectivity index (χ3v) is 3.79. The van der Waals surface area contributed by atoms with E-state index in [9.17, 15) is 0 Å². The zero-order valence-electron chi connectivity index (χ0n) is 11.3. The molecule has 0 spiro atoms. The molecule has 2 heterocycles. The van der Waals surface area contributed by atoms with Crippen molar-refractivity contribution < 1.29 is 0 Å². The van der Waals surface area contributed by atoms with Crippen LogP contribution in [0.4, 0.5) is 5.82 Å². The number of nitrogens with zero attached hydrogens (tertiary/aromatic N) is 3. The van der Waals surface area contributed by atoms with Crippen LogP contribution in [0.3, 0.4) is 0 Å². The minimum absolute atomic E-state index is 0.573. The maximum Gasteiger partial charge on any atom is 0.134 e. The predicted octanol–water partition coefficient (Wildman–Crippen LogP) is 3.85. The van der Waals surface area contributed by atoms with Gasteiger partial charge in [-0.25, -0.2) is 9.97 Å². The van der Waals surface area contributed by atoms with E-state index in [4.69, 9.17) is 11.6 Å². The summed E-state index contributed by atoms with van der Waals surface area (Å²) in [4.78, 5) is 11.4. The van der Waals surface area contributed by atoms with Crippen molar-refractivity contribution in [3.8, 4) is 0 Å². The number of aromatic nitrogens is 2. The fourth-order valence-corrected chi connectivity index (χ4v) is 2.86. The van der Waals surface area contributed by atoms with Crippen LogP contribution in [0.15, 0.2) is 6.07 Å². The van der Waals surface area contributed by atoms with E-state index in [1.165, 1.54) is 25.7 Å². The van der Waals surface area contributed by atoms with Crippen molar-refractivity contribution in [3.63, 3.8) is 0 Å². The molecular weight excluding hydrogens is 246 g/mol. The Hall–Kier alpha value is -0.830. The summed E-state index contributed by atoms with van der Waals surface area (Å²) in [7, 11) is 0. The fraction of sp³-hybridized carbons (Fsp3) is 0.714. The molecule has 0 N–H and O–H groups in total. The van der Waals surface area contributed by atoms with Crippen LogP contribution in [0.1, 0.15) is 51.8 Å². The van der Waals surface area contributed by atoms with Crippen LogP contribution in [0, 0.1) is 0 Å². The van der Waals surface area contributed by atoms with Crippen molar-refractivity contribution in [3.05, 3.63) is 17.0 Å². The van der Waals surface area contributed by atoms with Crippen LogP contribution >= 0.6 is 11.6 Å². The summed E-state index contributed by atoms with van der Waals surface area (Å²) in [6, 6.07) is 2.52. The molecule has 1 aromatic rings. The Bertz CT molecular complexity index is 395. The van der Waals surface area contributed by atoms with Crippen LogP contribution < -0.4 is 4.90 Å². The number of halogens is 1. The highest BCUT2D eigenvalue weighted by molar-refractivity contribution is 6.29. The zero-order valence-corrected chi connectivity index (χ0v) is 12.1. The van der Waals surface area contributed by atoms with E-state index < -0.39 is 0 Å². The summed E-state index contributed by atoms with van der Waals surface area (Å²) in [5.41, 5.74) is 0. The lowest BCUT2D eigenvalue weighted by molar-refractivity contribution is 0.446. The van der Waals surface area contributed by atoms with Gasteiger partial charge in [-0.15, -0.1) is 0 Å². The van der Waals surface area contributed by atoms with Gasteiger partial charge >= 0.3 is 0 Å². The number of aryl methyl sites for hydroxylation is 1. The Morgan fingerprint density at radius 2 is 2.17 bits per heavy atom. The Balaban J connectivity index is 2.24. The number of hydrogen-bond donors (Lipinski definition) is 0. The SMILES string of the molecule is CCCc1nc(Cl)cc(N2CCCCC2CC)n1.